The Bertz CT molecular complexity index is 891. The molecule has 3 N–H and O–H groups in total. The number of carbonyl (C=O) groups excluding carboxylic acids is 2. The average molecular weight is 435 g/mol. The number of benzene rings is 1. The Balaban J connectivity index is 0.00000240. The van der Waals surface area contributed by atoms with Gasteiger partial charge in [-0.1, -0.05) is 30.5 Å². The third-order valence-corrected chi connectivity index (χ3v) is 5.99. The van der Waals surface area contributed by atoms with Gasteiger partial charge in [0.25, 0.3) is 5.91 Å². The summed E-state index contributed by atoms with van der Waals surface area (Å²) in [7, 11) is 0. The Kier molecular flexibility index (Phi) is 6.65. The van der Waals surface area contributed by atoms with Crippen LogP contribution in [0.1, 0.15) is 42.5 Å². The first kappa shape index (κ1) is 21.4. The number of fused-ring (bicyclic) bond motifs is 1. The molecule has 0 bridgehead atoms. The number of anilines is 2. The van der Waals surface area contributed by atoms with Crippen LogP contribution >= 0.6 is 24.0 Å². The molecule has 2 amide bonds. The summed E-state index contributed by atoms with van der Waals surface area (Å²) in [5, 5.41) is 3.40. The first-order chi connectivity index (χ1) is 13.5. The van der Waals surface area contributed by atoms with Crippen molar-refractivity contribution >= 4 is 47.3 Å². The molecule has 1 aromatic heterocycles. The van der Waals surface area contributed by atoms with Crippen LogP contribution in [-0.4, -0.2) is 33.8 Å². The monoisotopic (exact) mass is 434 g/mol. The number of aromatic nitrogens is 1. The third-order valence-electron chi connectivity index (χ3n) is 5.75. The molecule has 154 valence electrons. The number of nitrogens with two attached hydrogens (primary N) is 1. The van der Waals surface area contributed by atoms with Crippen molar-refractivity contribution < 1.29 is 9.59 Å². The molecule has 1 aliphatic carbocycles. The summed E-state index contributed by atoms with van der Waals surface area (Å²) < 4.78 is 0. The predicted octanol–water partition coefficient (Wildman–Crippen LogP) is 4.15. The van der Waals surface area contributed by atoms with E-state index in [1.165, 1.54) is 6.20 Å². The van der Waals surface area contributed by atoms with E-state index in [2.05, 4.69) is 10.3 Å². The van der Waals surface area contributed by atoms with Crippen molar-refractivity contribution in [2.45, 2.75) is 44.2 Å². The van der Waals surface area contributed by atoms with Gasteiger partial charge in [-0.05, 0) is 55.5 Å². The van der Waals surface area contributed by atoms with Crippen LogP contribution in [0.4, 0.5) is 11.5 Å². The van der Waals surface area contributed by atoms with Crippen molar-refractivity contribution in [2.75, 3.05) is 11.1 Å². The largest absolute Gasteiger partial charge is 0.384 e. The van der Waals surface area contributed by atoms with Crippen molar-refractivity contribution in [3.63, 3.8) is 0 Å². The normalized spacial score (nSPS) is 23.1. The fourth-order valence-corrected chi connectivity index (χ4v) is 4.65. The Morgan fingerprint density at radius 1 is 1.17 bits per heavy atom. The Morgan fingerprint density at radius 3 is 2.69 bits per heavy atom. The maximum atomic E-state index is 13.3. The molecule has 2 aliphatic rings. The SMILES string of the molecule is Cl.Nc1ccc(NC(=O)C2CC3CCCCC3N2C(=O)c2cccc(Cl)c2)cn1. The predicted molar refractivity (Wildman–Crippen MR) is 116 cm³/mol. The molecule has 1 aromatic carbocycles. The van der Waals surface area contributed by atoms with E-state index in [0.29, 0.717) is 34.4 Å². The Hall–Kier alpha value is -2.31. The number of nitrogen functional groups attached to an aromatic ring is 1. The molecule has 2 aromatic rings. The molecule has 6 nitrogen and oxygen atoms in total. The minimum Gasteiger partial charge on any atom is -0.384 e. The number of nitrogens with zero attached hydrogens (tertiary/aromatic N) is 2. The van der Waals surface area contributed by atoms with E-state index in [-0.39, 0.29) is 30.3 Å². The minimum atomic E-state index is -0.503. The van der Waals surface area contributed by atoms with Gasteiger partial charge in [0.1, 0.15) is 11.9 Å². The van der Waals surface area contributed by atoms with Gasteiger partial charge in [-0.2, -0.15) is 0 Å². The molecule has 3 unspecified atom stereocenters. The lowest BCUT2D eigenvalue weighted by Crippen LogP contribution is -2.47. The molecule has 2 heterocycles. The number of nitrogens with one attached hydrogen (secondary N) is 1. The fraction of sp³-hybridized carbons (Fsp3) is 0.381. The van der Waals surface area contributed by atoms with Crippen LogP contribution in [0, 0.1) is 5.92 Å². The summed E-state index contributed by atoms with van der Waals surface area (Å²) in [6, 6.07) is 9.87. The van der Waals surface area contributed by atoms with Gasteiger partial charge in [0.2, 0.25) is 5.91 Å². The van der Waals surface area contributed by atoms with Gasteiger partial charge in [-0.3, -0.25) is 9.59 Å². The molecule has 8 heteroatoms. The van der Waals surface area contributed by atoms with Crippen molar-refractivity contribution in [1.82, 2.24) is 9.88 Å². The standard InChI is InChI=1S/C21H23ClN4O2.ClH/c22-15-6-3-5-14(10-15)21(28)26-17-7-2-1-4-13(17)11-18(26)20(27)25-16-8-9-19(23)24-12-16;/h3,5-6,8-10,12-13,17-18H,1-2,4,7,11H2,(H2,23,24)(H,25,27);1H. The highest BCUT2D eigenvalue weighted by Gasteiger charge is 2.47. The lowest BCUT2D eigenvalue weighted by Gasteiger charge is -2.33. The molecule has 3 atom stereocenters. The summed E-state index contributed by atoms with van der Waals surface area (Å²) in [6.07, 6.45) is 6.43. The smallest absolute Gasteiger partial charge is 0.254 e. The number of carbonyl (C=O) groups is 2. The molecular weight excluding hydrogens is 411 g/mol. The Labute approximate surface area is 181 Å². The molecule has 2 fully saturated rings. The Morgan fingerprint density at radius 2 is 1.97 bits per heavy atom. The van der Waals surface area contributed by atoms with E-state index in [1.807, 2.05) is 0 Å². The number of hydrogen-bond acceptors (Lipinski definition) is 4. The molecule has 1 saturated carbocycles. The maximum absolute atomic E-state index is 13.3. The van der Waals surface area contributed by atoms with Gasteiger partial charge in [-0.25, -0.2) is 4.98 Å². The van der Waals surface area contributed by atoms with E-state index < -0.39 is 6.04 Å². The number of amides is 2. The first-order valence-electron chi connectivity index (χ1n) is 9.63. The minimum absolute atomic E-state index is 0. The van der Waals surface area contributed by atoms with Crippen LogP contribution < -0.4 is 11.1 Å². The summed E-state index contributed by atoms with van der Waals surface area (Å²) in [5.41, 5.74) is 6.70. The van der Waals surface area contributed by atoms with Crippen LogP contribution in [0.5, 0.6) is 0 Å². The van der Waals surface area contributed by atoms with Crippen LogP contribution in [0.15, 0.2) is 42.6 Å². The fourth-order valence-electron chi connectivity index (χ4n) is 4.46. The first-order valence-corrected chi connectivity index (χ1v) is 10.0. The zero-order valence-corrected chi connectivity index (χ0v) is 17.5. The number of likely N-dealkylation sites (tertiary alicyclic amines) is 1. The van der Waals surface area contributed by atoms with E-state index in [9.17, 15) is 9.59 Å². The summed E-state index contributed by atoms with van der Waals surface area (Å²) in [5.74, 6) is 0.434. The molecule has 1 saturated heterocycles. The molecule has 29 heavy (non-hydrogen) atoms. The van der Waals surface area contributed by atoms with E-state index in [4.69, 9.17) is 17.3 Å². The zero-order valence-electron chi connectivity index (χ0n) is 15.9. The molecule has 4 rings (SSSR count). The van der Waals surface area contributed by atoms with Crippen LogP contribution in [0.2, 0.25) is 5.02 Å². The van der Waals surface area contributed by atoms with Gasteiger partial charge >= 0.3 is 0 Å². The van der Waals surface area contributed by atoms with E-state index in [1.54, 1.807) is 41.3 Å². The molecule has 0 spiro atoms. The highest BCUT2D eigenvalue weighted by molar-refractivity contribution is 6.31. The molecule has 0 radical (unpaired) electrons. The van der Waals surface area contributed by atoms with Crippen molar-refractivity contribution in [3.8, 4) is 0 Å². The lowest BCUT2D eigenvalue weighted by atomic mass is 9.84. The molecule has 1 aliphatic heterocycles. The summed E-state index contributed by atoms with van der Waals surface area (Å²) in [4.78, 5) is 32.2. The molecular formula is C21H24Cl2N4O2. The van der Waals surface area contributed by atoms with Crippen molar-refractivity contribution in [2.24, 2.45) is 5.92 Å². The van der Waals surface area contributed by atoms with E-state index in [0.717, 1.165) is 25.7 Å². The van der Waals surface area contributed by atoms with Gasteiger partial charge in [-0.15, -0.1) is 12.4 Å². The van der Waals surface area contributed by atoms with Crippen molar-refractivity contribution in [1.29, 1.82) is 0 Å². The average Bonchev–Trinajstić information content (AvgIpc) is 3.09. The number of hydrogen-bond donors (Lipinski definition) is 2. The third kappa shape index (κ3) is 4.49. The van der Waals surface area contributed by atoms with Gasteiger partial charge < -0.3 is 16.0 Å². The van der Waals surface area contributed by atoms with Crippen LogP contribution in [0.25, 0.3) is 0 Å². The van der Waals surface area contributed by atoms with Crippen molar-refractivity contribution in [3.05, 3.63) is 53.2 Å². The maximum Gasteiger partial charge on any atom is 0.254 e. The topological polar surface area (TPSA) is 88.3 Å². The highest BCUT2D eigenvalue weighted by Crippen LogP contribution is 2.41. The highest BCUT2D eigenvalue weighted by atomic mass is 35.5. The summed E-state index contributed by atoms with van der Waals surface area (Å²) >= 11 is 6.08. The number of rotatable bonds is 3. The number of halogens is 2. The van der Waals surface area contributed by atoms with E-state index >= 15 is 0 Å². The van der Waals surface area contributed by atoms with Crippen LogP contribution in [0.3, 0.4) is 0 Å². The van der Waals surface area contributed by atoms with Gasteiger partial charge in [0.15, 0.2) is 0 Å². The lowest BCUT2D eigenvalue weighted by molar-refractivity contribution is -0.120. The zero-order chi connectivity index (χ0) is 19.7. The number of pyridine rings is 1. The summed E-state index contributed by atoms with van der Waals surface area (Å²) in [6.45, 7) is 0. The quantitative estimate of drug-likeness (QED) is 0.758. The van der Waals surface area contributed by atoms with Gasteiger partial charge in [0.05, 0.1) is 11.9 Å². The second kappa shape index (κ2) is 9.01. The second-order valence-electron chi connectivity index (χ2n) is 7.55. The van der Waals surface area contributed by atoms with Gasteiger partial charge in [0, 0.05) is 16.6 Å². The van der Waals surface area contributed by atoms with Crippen LogP contribution in [-0.2, 0) is 4.79 Å². The second-order valence-corrected chi connectivity index (χ2v) is 7.98.